The van der Waals surface area contributed by atoms with E-state index in [1.807, 2.05) is 11.8 Å². The Morgan fingerprint density at radius 3 is 2.76 bits per heavy atom. The van der Waals surface area contributed by atoms with Crippen LogP contribution in [-0.2, 0) is 6.54 Å². The molecule has 0 aliphatic heterocycles. The first-order valence-electron chi connectivity index (χ1n) is 6.25. The van der Waals surface area contributed by atoms with Crippen LogP contribution in [0.1, 0.15) is 32.8 Å². The van der Waals surface area contributed by atoms with Gasteiger partial charge < -0.3 is 5.32 Å². The van der Waals surface area contributed by atoms with E-state index in [0.29, 0.717) is 0 Å². The molecule has 17 heavy (non-hydrogen) atoms. The van der Waals surface area contributed by atoms with Crippen molar-refractivity contribution in [2.24, 2.45) is 5.92 Å². The monoisotopic (exact) mass is 315 g/mol. The number of thioether (sulfide) groups is 1. The first-order chi connectivity index (χ1) is 8.13. The van der Waals surface area contributed by atoms with Crippen LogP contribution in [0.5, 0.6) is 0 Å². The number of hydrogen-bond donors (Lipinski definition) is 1. The molecular formula is C14H22BrNS. The zero-order valence-corrected chi connectivity index (χ0v) is 13.3. The lowest BCUT2D eigenvalue weighted by atomic mass is 10.2. The zero-order valence-electron chi connectivity index (χ0n) is 10.9. The molecule has 96 valence electrons. The van der Waals surface area contributed by atoms with Crippen LogP contribution in [0, 0.1) is 5.92 Å². The van der Waals surface area contributed by atoms with Crippen molar-refractivity contribution in [2.45, 2.75) is 38.6 Å². The molecule has 0 spiro atoms. The van der Waals surface area contributed by atoms with E-state index in [4.69, 9.17) is 0 Å². The minimum absolute atomic E-state index is 0.784. The number of benzene rings is 1. The van der Waals surface area contributed by atoms with Gasteiger partial charge in [0, 0.05) is 15.9 Å². The van der Waals surface area contributed by atoms with Gasteiger partial charge >= 0.3 is 0 Å². The van der Waals surface area contributed by atoms with E-state index in [0.717, 1.165) is 19.0 Å². The fourth-order valence-corrected chi connectivity index (χ4v) is 3.33. The van der Waals surface area contributed by atoms with Crippen LogP contribution in [0.15, 0.2) is 27.6 Å². The third-order valence-electron chi connectivity index (χ3n) is 2.55. The highest BCUT2D eigenvalue weighted by atomic mass is 79.9. The van der Waals surface area contributed by atoms with Gasteiger partial charge in [-0.15, -0.1) is 11.8 Å². The number of rotatable bonds is 7. The molecule has 0 amide bonds. The van der Waals surface area contributed by atoms with Crippen LogP contribution >= 0.6 is 27.7 Å². The second kappa shape index (κ2) is 8.17. The molecule has 1 N–H and O–H groups in total. The smallest absolute Gasteiger partial charge is 0.0216 e. The van der Waals surface area contributed by atoms with Gasteiger partial charge in [0.25, 0.3) is 0 Å². The molecule has 0 heterocycles. The van der Waals surface area contributed by atoms with Gasteiger partial charge in [0.2, 0.25) is 0 Å². The Morgan fingerprint density at radius 2 is 2.12 bits per heavy atom. The van der Waals surface area contributed by atoms with Crippen LogP contribution in [0.25, 0.3) is 0 Å². The first-order valence-corrected chi connectivity index (χ1v) is 8.03. The number of halogens is 1. The van der Waals surface area contributed by atoms with Crippen LogP contribution in [0.4, 0.5) is 0 Å². The summed E-state index contributed by atoms with van der Waals surface area (Å²) < 4.78 is 1.17. The molecule has 0 unspecified atom stereocenters. The van der Waals surface area contributed by atoms with Crippen LogP contribution < -0.4 is 5.32 Å². The Bertz CT molecular complexity index is 339. The van der Waals surface area contributed by atoms with Gasteiger partial charge in [-0.1, -0.05) is 42.8 Å². The molecule has 3 heteroatoms. The standard InChI is InChI=1S/C14H22BrNS/c1-4-16-10-12-5-6-13(15)9-14(12)17-8-7-11(2)3/h5-6,9,11,16H,4,7-8,10H2,1-3H3. The fraction of sp³-hybridized carbons (Fsp3) is 0.571. The molecule has 0 radical (unpaired) electrons. The van der Waals surface area contributed by atoms with Crippen molar-refractivity contribution in [3.05, 3.63) is 28.2 Å². The van der Waals surface area contributed by atoms with Crippen molar-refractivity contribution >= 4 is 27.7 Å². The Labute approximate surface area is 118 Å². The fourth-order valence-electron chi connectivity index (χ4n) is 1.47. The minimum Gasteiger partial charge on any atom is -0.313 e. The molecule has 1 aromatic rings. The number of nitrogens with one attached hydrogen (secondary N) is 1. The summed E-state index contributed by atoms with van der Waals surface area (Å²) in [6.07, 6.45) is 1.28. The minimum atomic E-state index is 0.784. The predicted molar refractivity (Wildman–Crippen MR) is 81.7 cm³/mol. The van der Waals surface area contributed by atoms with Gasteiger partial charge in [-0.25, -0.2) is 0 Å². The maximum Gasteiger partial charge on any atom is 0.0216 e. The molecule has 0 bridgehead atoms. The van der Waals surface area contributed by atoms with Crippen molar-refractivity contribution in [1.82, 2.24) is 5.32 Å². The molecular weight excluding hydrogens is 294 g/mol. The highest BCUT2D eigenvalue weighted by Crippen LogP contribution is 2.27. The molecule has 0 saturated carbocycles. The Kier molecular flexibility index (Phi) is 7.24. The molecule has 1 rings (SSSR count). The van der Waals surface area contributed by atoms with E-state index in [9.17, 15) is 0 Å². The third-order valence-corrected chi connectivity index (χ3v) is 4.17. The van der Waals surface area contributed by atoms with Crippen molar-refractivity contribution in [2.75, 3.05) is 12.3 Å². The van der Waals surface area contributed by atoms with E-state index >= 15 is 0 Å². The van der Waals surface area contributed by atoms with Crippen LogP contribution in [0.2, 0.25) is 0 Å². The molecule has 1 aromatic carbocycles. The summed E-state index contributed by atoms with van der Waals surface area (Å²) in [6.45, 7) is 8.69. The summed E-state index contributed by atoms with van der Waals surface area (Å²) in [5, 5.41) is 3.39. The first kappa shape index (κ1) is 15.1. The topological polar surface area (TPSA) is 12.0 Å². The SMILES string of the molecule is CCNCc1ccc(Br)cc1SCCC(C)C. The third kappa shape index (κ3) is 5.94. The van der Waals surface area contributed by atoms with E-state index in [1.54, 1.807) is 0 Å². The van der Waals surface area contributed by atoms with Crippen molar-refractivity contribution in [3.63, 3.8) is 0 Å². The van der Waals surface area contributed by atoms with Gasteiger partial charge in [-0.2, -0.15) is 0 Å². The lowest BCUT2D eigenvalue weighted by Gasteiger charge is -2.11. The largest absolute Gasteiger partial charge is 0.313 e. The van der Waals surface area contributed by atoms with Crippen LogP contribution in [-0.4, -0.2) is 12.3 Å². The zero-order chi connectivity index (χ0) is 12.7. The maximum atomic E-state index is 3.55. The van der Waals surface area contributed by atoms with E-state index < -0.39 is 0 Å². The molecule has 0 aliphatic carbocycles. The normalized spacial score (nSPS) is 11.1. The average molecular weight is 316 g/mol. The highest BCUT2D eigenvalue weighted by molar-refractivity contribution is 9.10. The Morgan fingerprint density at radius 1 is 1.35 bits per heavy atom. The second-order valence-corrected chi connectivity index (χ2v) is 6.62. The Balaban J connectivity index is 2.62. The predicted octanol–water partition coefficient (Wildman–Crippen LogP) is 4.70. The van der Waals surface area contributed by atoms with Gasteiger partial charge in [-0.05, 0) is 42.3 Å². The van der Waals surface area contributed by atoms with Gasteiger partial charge in [0.15, 0.2) is 0 Å². The highest BCUT2D eigenvalue weighted by Gasteiger charge is 2.04. The van der Waals surface area contributed by atoms with E-state index in [-0.39, 0.29) is 0 Å². The average Bonchev–Trinajstić information content (AvgIpc) is 2.27. The summed E-state index contributed by atoms with van der Waals surface area (Å²) in [7, 11) is 0. The number of hydrogen-bond acceptors (Lipinski definition) is 2. The van der Waals surface area contributed by atoms with Crippen LogP contribution in [0.3, 0.4) is 0 Å². The summed E-state index contributed by atoms with van der Waals surface area (Å²) >= 11 is 5.52. The van der Waals surface area contributed by atoms with Gasteiger partial charge in [0.05, 0.1) is 0 Å². The summed E-state index contributed by atoms with van der Waals surface area (Å²) in [6, 6.07) is 6.57. The molecule has 0 saturated heterocycles. The maximum absolute atomic E-state index is 3.55. The van der Waals surface area contributed by atoms with Crippen molar-refractivity contribution in [3.8, 4) is 0 Å². The van der Waals surface area contributed by atoms with Gasteiger partial charge in [0.1, 0.15) is 0 Å². The van der Waals surface area contributed by atoms with Crippen molar-refractivity contribution in [1.29, 1.82) is 0 Å². The second-order valence-electron chi connectivity index (χ2n) is 4.56. The molecule has 0 aromatic heterocycles. The quantitative estimate of drug-likeness (QED) is 0.732. The Hall–Kier alpha value is 0.01000. The molecule has 0 aliphatic rings. The molecule has 0 fully saturated rings. The summed E-state index contributed by atoms with van der Waals surface area (Å²) in [5.41, 5.74) is 1.41. The molecule has 0 atom stereocenters. The lowest BCUT2D eigenvalue weighted by Crippen LogP contribution is -2.12. The van der Waals surface area contributed by atoms with E-state index in [2.05, 4.69) is 60.2 Å². The van der Waals surface area contributed by atoms with E-state index in [1.165, 1.54) is 27.1 Å². The van der Waals surface area contributed by atoms with Crippen molar-refractivity contribution < 1.29 is 0 Å². The summed E-state index contributed by atoms with van der Waals surface area (Å²) in [4.78, 5) is 1.40. The molecule has 1 nitrogen and oxygen atoms in total. The summed E-state index contributed by atoms with van der Waals surface area (Å²) in [5.74, 6) is 1.99. The lowest BCUT2D eigenvalue weighted by molar-refractivity contribution is 0.632. The van der Waals surface area contributed by atoms with Gasteiger partial charge in [-0.3, -0.25) is 0 Å².